The Labute approximate surface area is 98.5 Å². The van der Waals surface area contributed by atoms with Crippen LogP contribution in [0, 0.1) is 6.92 Å². The maximum Gasteiger partial charge on any atom is 0.0897 e. The molecule has 0 saturated carbocycles. The van der Waals surface area contributed by atoms with Gasteiger partial charge in [-0.15, -0.1) is 11.3 Å². The number of pyridine rings is 1. The Bertz CT molecular complexity index is 440. The van der Waals surface area contributed by atoms with E-state index in [1.807, 2.05) is 19.1 Å². The van der Waals surface area contributed by atoms with E-state index in [1.54, 1.807) is 23.7 Å². The minimum Gasteiger partial charge on any atom is -0.271 e. The normalized spacial score (nSPS) is 12.6. The first-order chi connectivity index (χ1) is 7.79. The lowest BCUT2D eigenvalue weighted by Crippen LogP contribution is -2.29. The molecule has 5 heteroatoms. The number of rotatable bonds is 4. The van der Waals surface area contributed by atoms with Gasteiger partial charge in [0, 0.05) is 24.2 Å². The minimum atomic E-state index is 0.0875. The van der Waals surface area contributed by atoms with Crippen LogP contribution in [-0.4, -0.2) is 9.97 Å². The van der Waals surface area contributed by atoms with Crippen LogP contribution in [0.1, 0.15) is 22.3 Å². The molecule has 0 bridgehead atoms. The van der Waals surface area contributed by atoms with Crippen LogP contribution >= 0.6 is 11.3 Å². The summed E-state index contributed by atoms with van der Waals surface area (Å²) in [6, 6.07) is 4.01. The SMILES string of the molecule is Cc1nc(CC(NN)c2ccncc2)cs1. The molecule has 0 amide bonds. The first-order valence-corrected chi connectivity index (χ1v) is 5.94. The van der Waals surface area contributed by atoms with Gasteiger partial charge in [0.1, 0.15) is 0 Å². The Balaban J connectivity index is 2.12. The van der Waals surface area contributed by atoms with Crippen LogP contribution in [0.5, 0.6) is 0 Å². The average molecular weight is 234 g/mol. The monoisotopic (exact) mass is 234 g/mol. The third kappa shape index (κ3) is 2.63. The molecule has 0 spiro atoms. The van der Waals surface area contributed by atoms with Gasteiger partial charge in [-0.05, 0) is 24.6 Å². The maximum atomic E-state index is 5.56. The van der Waals surface area contributed by atoms with Crippen molar-refractivity contribution in [3.8, 4) is 0 Å². The third-order valence-electron chi connectivity index (χ3n) is 2.39. The maximum absolute atomic E-state index is 5.56. The topological polar surface area (TPSA) is 63.8 Å². The van der Waals surface area contributed by atoms with Crippen molar-refractivity contribution in [2.24, 2.45) is 5.84 Å². The quantitative estimate of drug-likeness (QED) is 0.623. The number of nitrogens with one attached hydrogen (secondary N) is 1. The molecule has 0 saturated heterocycles. The van der Waals surface area contributed by atoms with E-state index in [1.165, 1.54) is 0 Å². The van der Waals surface area contributed by atoms with Crippen LogP contribution in [0.15, 0.2) is 29.9 Å². The fraction of sp³-hybridized carbons (Fsp3) is 0.273. The van der Waals surface area contributed by atoms with Crippen LogP contribution in [0.4, 0.5) is 0 Å². The van der Waals surface area contributed by atoms with Gasteiger partial charge in [-0.2, -0.15) is 0 Å². The molecule has 0 aliphatic carbocycles. The number of hydrogen-bond donors (Lipinski definition) is 2. The van der Waals surface area contributed by atoms with Gasteiger partial charge >= 0.3 is 0 Å². The molecule has 3 N–H and O–H groups in total. The van der Waals surface area contributed by atoms with Gasteiger partial charge < -0.3 is 0 Å². The lowest BCUT2D eigenvalue weighted by atomic mass is 10.0. The molecule has 84 valence electrons. The second kappa shape index (κ2) is 5.16. The van der Waals surface area contributed by atoms with E-state index >= 15 is 0 Å². The van der Waals surface area contributed by atoms with Gasteiger partial charge in [-0.1, -0.05) is 0 Å². The number of nitrogens with two attached hydrogens (primary N) is 1. The molecule has 0 aliphatic rings. The predicted octanol–water partition coefficient (Wildman–Crippen LogP) is 1.59. The van der Waals surface area contributed by atoms with Crippen molar-refractivity contribution in [1.29, 1.82) is 0 Å². The summed E-state index contributed by atoms with van der Waals surface area (Å²) in [5.41, 5.74) is 5.01. The van der Waals surface area contributed by atoms with Crippen molar-refractivity contribution in [1.82, 2.24) is 15.4 Å². The molecule has 0 aromatic carbocycles. The average Bonchev–Trinajstić information content (AvgIpc) is 2.73. The van der Waals surface area contributed by atoms with Crippen molar-refractivity contribution < 1.29 is 0 Å². The molecule has 2 rings (SSSR count). The Morgan fingerprint density at radius 3 is 2.75 bits per heavy atom. The highest BCUT2D eigenvalue weighted by Crippen LogP contribution is 2.18. The van der Waals surface area contributed by atoms with E-state index < -0.39 is 0 Å². The molecule has 1 unspecified atom stereocenters. The van der Waals surface area contributed by atoms with Crippen LogP contribution < -0.4 is 11.3 Å². The zero-order valence-electron chi connectivity index (χ0n) is 9.05. The zero-order chi connectivity index (χ0) is 11.4. The second-order valence-electron chi connectivity index (χ2n) is 3.56. The van der Waals surface area contributed by atoms with Crippen LogP contribution in [0.2, 0.25) is 0 Å². The summed E-state index contributed by atoms with van der Waals surface area (Å²) in [5, 5.41) is 3.15. The highest BCUT2D eigenvalue weighted by atomic mass is 32.1. The molecule has 0 radical (unpaired) electrons. The van der Waals surface area contributed by atoms with Gasteiger partial charge in [0.25, 0.3) is 0 Å². The van der Waals surface area contributed by atoms with Gasteiger partial charge in [0.15, 0.2) is 0 Å². The molecule has 16 heavy (non-hydrogen) atoms. The van der Waals surface area contributed by atoms with E-state index in [4.69, 9.17) is 5.84 Å². The molecule has 2 aromatic rings. The van der Waals surface area contributed by atoms with Crippen molar-refractivity contribution in [3.63, 3.8) is 0 Å². The summed E-state index contributed by atoms with van der Waals surface area (Å²) in [7, 11) is 0. The summed E-state index contributed by atoms with van der Waals surface area (Å²) in [6.07, 6.45) is 4.34. The highest BCUT2D eigenvalue weighted by Gasteiger charge is 2.11. The van der Waals surface area contributed by atoms with Gasteiger partial charge in [-0.3, -0.25) is 16.3 Å². The Hall–Kier alpha value is -1.30. The molecule has 2 aromatic heterocycles. The van der Waals surface area contributed by atoms with Gasteiger partial charge in [-0.25, -0.2) is 4.98 Å². The Morgan fingerprint density at radius 2 is 2.19 bits per heavy atom. The standard InChI is InChI=1S/C11H14N4S/c1-8-14-10(7-16-8)6-11(15-12)9-2-4-13-5-3-9/h2-5,7,11,15H,6,12H2,1H3. The summed E-state index contributed by atoms with van der Waals surface area (Å²) in [6.45, 7) is 2.01. The first kappa shape index (κ1) is 11.2. The van der Waals surface area contributed by atoms with E-state index in [9.17, 15) is 0 Å². The van der Waals surface area contributed by atoms with Crippen molar-refractivity contribution >= 4 is 11.3 Å². The minimum absolute atomic E-state index is 0.0875. The summed E-state index contributed by atoms with van der Waals surface area (Å²) in [5.74, 6) is 5.56. The van der Waals surface area contributed by atoms with E-state index in [-0.39, 0.29) is 6.04 Å². The smallest absolute Gasteiger partial charge is 0.0897 e. The number of hydrazine groups is 1. The lowest BCUT2D eigenvalue weighted by molar-refractivity contribution is 0.546. The molecular formula is C11H14N4S. The van der Waals surface area contributed by atoms with E-state index in [0.29, 0.717) is 0 Å². The lowest BCUT2D eigenvalue weighted by Gasteiger charge is -2.14. The number of nitrogens with zero attached hydrogens (tertiary/aromatic N) is 2. The van der Waals surface area contributed by atoms with Crippen molar-refractivity contribution in [2.75, 3.05) is 0 Å². The first-order valence-electron chi connectivity index (χ1n) is 5.06. The largest absolute Gasteiger partial charge is 0.271 e. The van der Waals surface area contributed by atoms with Crippen molar-refractivity contribution in [2.45, 2.75) is 19.4 Å². The molecule has 2 heterocycles. The molecule has 4 nitrogen and oxygen atoms in total. The number of hydrogen-bond acceptors (Lipinski definition) is 5. The number of thiazole rings is 1. The summed E-state index contributed by atoms with van der Waals surface area (Å²) >= 11 is 1.66. The van der Waals surface area contributed by atoms with Gasteiger partial charge in [0.2, 0.25) is 0 Å². The molecule has 0 aliphatic heterocycles. The van der Waals surface area contributed by atoms with E-state index in [2.05, 4.69) is 20.8 Å². The Kier molecular flexibility index (Phi) is 3.61. The second-order valence-corrected chi connectivity index (χ2v) is 4.62. The molecule has 0 fully saturated rings. The van der Waals surface area contributed by atoms with Crippen molar-refractivity contribution in [3.05, 3.63) is 46.2 Å². The summed E-state index contributed by atoms with van der Waals surface area (Å²) < 4.78 is 0. The highest BCUT2D eigenvalue weighted by molar-refractivity contribution is 7.09. The summed E-state index contributed by atoms with van der Waals surface area (Å²) in [4.78, 5) is 8.42. The number of aryl methyl sites for hydroxylation is 1. The fourth-order valence-electron chi connectivity index (χ4n) is 1.58. The molecule has 1 atom stereocenters. The van der Waals surface area contributed by atoms with Crippen LogP contribution in [0.3, 0.4) is 0 Å². The molecular weight excluding hydrogens is 220 g/mol. The zero-order valence-corrected chi connectivity index (χ0v) is 9.87. The fourth-order valence-corrected chi connectivity index (χ4v) is 2.21. The van der Waals surface area contributed by atoms with Gasteiger partial charge in [0.05, 0.1) is 16.7 Å². The predicted molar refractivity (Wildman–Crippen MR) is 64.9 cm³/mol. The van der Waals surface area contributed by atoms with Crippen LogP contribution in [-0.2, 0) is 6.42 Å². The number of aromatic nitrogens is 2. The van der Waals surface area contributed by atoms with E-state index in [0.717, 1.165) is 22.7 Å². The third-order valence-corrected chi connectivity index (χ3v) is 3.21. The van der Waals surface area contributed by atoms with Crippen LogP contribution in [0.25, 0.3) is 0 Å². The Morgan fingerprint density at radius 1 is 1.44 bits per heavy atom.